The summed E-state index contributed by atoms with van der Waals surface area (Å²) in [5, 5.41) is 7.51. The fourth-order valence-electron chi connectivity index (χ4n) is 2.24. The van der Waals surface area contributed by atoms with Crippen molar-refractivity contribution >= 4 is 5.97 Å². The zero-order valence-electron chi connectivity index (χ0n) is 13.4. The summed E-state index contributed by atoms with van der Waals surface area (Å²) in [6.07, 6.45) is -7.30. The standard InChI is InChI=1S/C14H15F3N4O3/c1-7-11(8(2)20(3)18-7)12(14(15,16)17)24-13(23)9-5-6-10(22)21(4)19-9/h5-6,12H,1-4H3/t12-/m1/s1. The maximum Gasteiger partial charge on any atom is 0.430 e. The molecule has 130 valence electrons. The fourth-order valence-corrected chi connectivity index (χ4v) is 2.24. The molecule has 24 heavy (non-hydrogen) atoms. The highest BCUT2D eigenvalue weighted by Crippen LogP contribution is 2.39. The lowest BCUT2D eigenvalue weighted by molar-refractivity contribution is -0.207. The van der Waals surface area contributed by atoms with Gasteiger partial charge in [-0.05, 0) is 19.9 Å². The van der Waals surface area contributed by atoms with Crippen LogP contribution in [0.25, 0.3) is 0 Å². The molecule has 0 aliphatic carbocycles. The molecule has 0 amide bonds. The molecule has 2 aromatic rings. The van der Waals surface area contributed by atoms with Gasteiger partial charge in [0.05, 0.1) is 5.69 Å². The van der Waals surface area contributed by atoms with Gasteiger partial charge in [0.1, 0.15) is 0 Å². The number of rotatable bonds is 3. The molecule has 0 bridgehead atoms. The maximum absolute atomic E-state index is 13.4. The van der Waals surface area contributed by atoms with E-state index >= 15 is 0 Å². The van der Waals surface area contributed by atoms with Crippen molar-refractivity contribution in [3.05, 3.63) is 45.1 Å². The molecule has 7 nitrogen and oxygen atoms in total. The Hall–Kier alpha value is -2.65. The lowest BCUT2D eigenvalue weighted by atomic mass is 10.1. The fraction of sp³-hybridized carbons (Fsp3) is 0.429. The third-order valence-corrected chi connectivity index (χ3v) is 3.52. The molecule has 0 aliphatic rings. The molecule has 0 saturated carbocycles. The summed E-state index contributed by atoms with van der Waals surface area (Å²) in [5.41, 5.74) is -0.777. The highest BCUT2D eigenvalue weighted by Gasteiger charge is 2.47. The second-order valence-electron chi connectivity index (χ2n) is 5.22. The van der Waals surface area contributed by atoms with Gasteiger partial charge in [0, 0.05) is 31.4 Å². The van der Waals surface area contributed by atoms with Gasteiger partial charge in [-0.2, -0.15) is 23.4 Å². The molecule has 0 unspecified atom stereocenters. The molecule has 1 atom stereocenters. The number of nitrogens with zero attached hydrogens (tertiary/aromatic N) is 4. The number of alkyl halides is 3. The van der Waals surface area contributed by atoms with Gasteiger partial charge in [-0.25, -0.2) is 9.48 Å². The van der Waals surface area contributed by atoms with Crippen LogP contribution in [-0.4, -0.2) is 31.7 Å². The van der Waals surface area contributed by atoms with Crippen molar-refractivity contribution in [1.82, 2.24) is 19.6 Å². The highest BCUT2D eigenvalue weighted by atomic mass is 19.4. The minimum atomic E-state index is -4.82. The summed E-state index contributed by atoms with van der Waals surface area (Å²) in [4.78, 5) is 23.3. The van der Waals surface area contributed by atoms with Gasteiger partial charge in [0.15, 0.2) is 5.69 Å². The average molecular weight is 344 g/mol. The van der Waals surface area contributed by atoms with E-state index in [9.17, 15) is 22.8 Å². The Morgan fingerprint density at radius 3 is 2.25 bits per heavy atom. The number of carbonyl (C=O) groups excluding carboxylic acids is 1. The Balaban J connectivity index is 2.41. The molecule has 0 fully saturated rings. The van der Waals surface area contributed by atoms with Crippen LogP contribution in [0.1, 0.15) is 33.5 Å². The Kier molecular flexibility index (Phi) is 4.50. The predicted octanol–water partition coefficient (Wildman–Crippen LogP) is 1.59. The van der Waals surface area contributed by atoms with Crippen LogP contribution in [0.3, 0.4) is 0 Å². The van der Waals surface area contributed by atoms with Gasteiger partial charge in [0.25, 0.3) is 5.56 Å². The van der Waals surface area contributed by atoms with Crippen LogP contribution < -0.4 is 5.56 Å². The van der Waals surface area contributed by atoms with E-state index in [1.807, 2.05) is 0 Å². The molecule has 0 aromatic carbocycles. The van der Waals surface area contributed by atoms with E-state index in [2.05, 4.69) is 14.9 Å². The van der Waals surface area contributed by atoms with Gasteiger partial charge in [-0.3, -0.25) is 9.48 Å². The summed E-state index contributed by atoms with van der Waals surface area (Å²) >= 11 is 0. The zero-order chi connectivity index (χ0) is 18.2. The second-order valence-corrected chi connectivity index (χ2v) is 5.22. The van der Waals surface area contributed by atoms with Gasteiger partial charge in [-0.15, -0.1) is 0 Å². The van der Waals surface area contributed by atoms with Crippen molar-refractivity contribution in [3.63, 3.8) is 0 Å². The summed E-state index contributed by atoms with van der Waals surface area (Å²) in [7, 11) is 2.77. The number of hydrogen-bond acceptors (Lipinski definition) is 5. The van der Waals surface area contributed by atoms with Crippen LogP contribution in [0.2, 0.25) is 0 Å². The van der Waals surface area contributed by atoms with Crippen LogP contribution in [0, 0.1) is 13.8 Å². The largest absolute Gasteiger partial charge is 0.443 e. The minimum absolute atomic E-state index is 0.110. The Bertz CT molecular complexity index is 839. The lowest BCUT2D eigenvalue weighted by Crippen LogP contribution is -2.29. The van der Waals surface area contributed by atoms with E-state index in [4.69, 9.17) is 0 Å². The first-order valence-corrected chi connectivity index (χ1v) is 6.84. The number of carbonyl (C=O) groups is 1. The summed E-state index contributed by atoms with van der Waals surface area (Å²) in [6, 6.07) is 2.04. The van der Waals surface area contributed by atoms with Crippen LogP contribution in [0.15, 0.2) is 16.9 Å². The molecule has 0 aliphatic heterocycles. The normalized spacial score (nSPS) is 13.0. The Labute approximate surface area is 134 Å². The van der Waals surface area contributed by atoms with E-state index in [1.54, 1.807) is 0 Å². The molecular weight excluding hydrogens is 329 g/mol. The average Bonchev–Trinajstić information content (AvgIpc) is 2.71. The Morgan fingerprint density at radius 2 is 1.79 bits per heavy atom. The third-order valence-electron chi connectivity index (χ3n) is 3.52. The third kappa shape index (κ3) is 3.31. The molecule has 10 heteroatoms. The molecule has 0 radical (unpaired) electrons. The summed E-state index contributed by atoms with van der Waals surface area (Å²) < 4.78 is 47.0. The van der Waals surface area contributed by atoms with Crippen molar-refractivity contribution in [2.24, 2.45) is 14.1 Å². The monoisotopic (exact) mass is 344 g/mol. The minimum Gasteiger partial charge on any atom is -0.443 e. The number of esters is 1. The predicted molar refractivity (Wildman–Crippen MR) is 76.4 cm³/mol. The zero-order valence-corrected chi connectivity index (χ0v) is 13.4. The number of ether oxygens (including phenoxy) is 1. The molecule has 0 N–H and O–H groups in total. The number of aromatic nitrogens is 4. The Morgan fingerprint density at radius 1 is 1.17 bits per heavy atom. The van der Waals surface area contributed by atoms with E-state index in [0.717, 1.165) is 16.8 Å². The van der Waals surface area contributed by atoms with Crippen LogP contribution in [0.4, 0.5) is 13.2 Å². The quantitative estimate of drug-likeness (QED) is 0.790. The molecular formula is C14H15F3N4O3. The maximum atomic E-state index is 13.4. The first-order chi connectivity index (χ1) is 11.0. The van der Waals surface area contributed by atoms with Crippen molar-refractivity contribution in [2.45, 2.75) is 26.1 Å². The number of halogens is 3. The van der Waals surface area contributed by atoms with E-state index in [1.165, 1.54) is 32.6 Å². The van der Waals surface area contributed by atoms with Crippen molar-refractivity contribution in [2.75, 3.05) is 0 Å². The molecule has 0 spiro atoms. The van der Waals surface area contributed by atoms with Gasteiger partial charge < -0.3 is 4.74 Å². The van der Waals surface area contributed by atoms with E-state index in [-0.39, 0.29) is 17.0 Å². The highest BCUT2D eigenvalue weighted by molar-refractivity contribution is 5.87. The number of aryl methyl sites for hydroxylation is 3. The first-order valence-electron chi connectivity index (χ1n) is 6.84. The van der Waals surface area contributed by atoms with Crippen molar-refractivity contribution in [3.8, 4) is 0 Å². The van der Waals surface area contributed by atoms with Crippen LogP contribution in [0.5, 0.6) is 0 Å². The molecule has 2 heterocycles. The van der Waals surface area contributed by atoms with E-state index in [0.29, 0.717) is 0 Å². The molecule has 2 rings (SSSR count). The topological polar surface area (TPSA) is 79.0 Å². The molecule has 0 saturated heterocycles. The molecule has 2 aromatic heterocycles. The van der Waals surface area contributed by atoms with Crippen molar-refractivity contribution in [1.29, 1.82) is 0 Å². The van der Waals surface area contributed by atoms with Gasteiger partial charge in [-0.1, -0.05) is 0 Å². The summed E-state index contributed by atoms with van der Waals surface area (Å²) in [5.74, 6) is -1.28. The van der Waals surface area contributed by atoms with Gasteiger partial charge >= 0.3 is 12.1 Å². The first kappa shape index (κ1) is 17.7. The number of hydrogen-bond donors (Lipinski definition) is 0. The van der Waals surface area contributed by atoms with Gasteiger partial charge in [0.2, 0.25) is 6.10 Å². The van der Waals surface area contributed by atoms with E-state index < -0.39 is 29.5 Å². The smallest absolute Gasteiger partial charge is 0.430 e. The summed E-state index contributed by atoms with van der Waals surface area (Å²) in [6.45, 7) is 2.85. The van der Waals surface area contributed by atoms with Crippen LogP contribution >= 0.6 is 0 Å². The SMILES string of the molecule is Cc1nn(C)c(C)c1[C@@H](OC(=O)c1ccc(=O)n(C)n1)C(F)(F)F. The van der Waals surface area contributed by atoms with Crippen LogP contribution in [-0.2, 0) is 18.8 Å². The second kappa shape index (κ2) is 6.10. The van der Waals surface area contributed by atoms with Crippen molar-refractivity contribution < 1.29 is 22.7 Å². The lowest BCUT2D eigenvalue weighted by Gasteiger charge is -2.21.